The third-order valence-corrected chi connectivity index (χ3v) is 3.40. The largest absolute Gasteiger partial charge is 0.0754 e. The second-order valence-electron chi connectivity index (χ2n) is 4.29. The number of benzene rings is 1. The summed E-state index contributed by atoms with van der Waals surface area (Å²) >= 11 is 0. The molecule has 0 heteroatoms. The Kier molecular flexibility index (Phi) is 1.93. The van der Waals surface area contributed by atoms with E-state index < -0.39 is 0 Å². The number of aryl methyl sites for hydroxylation is 1. The lowest BCUT2D eigenvalue weighted by Gasteiger charge is -2.10. The van der Waals surface area contributed by atoms with Gasteiger partial charge in [-0.15, -0.1) is 0 Å². The topological polar surface area (TPSA) is 0 Å². The molecule has 0 saturated heterocycles. The van der Waals surface area contributed by atoms with Crippen molar-refractivity contribution in [2.24, 2.45) is 0 Å². The van der Waals surface area contributed by atoms with E-state index in [1.165, 1.54) is 43.2 Å². The maximum absolute atomic E-state index is 2.34. The Bertz CT molecular complexity index is 385. The van der Waals surface area contributed by atoms with E-state index in [0.29, 0.717) is 0 Å². The number of allylic oxidation sites excluding steroid dienone is 1. The third-order valence-electron chi connectivity index (χ3n) is 3.40. The smallest absolute Gasteiger partial charge is 0.0131 e. The molecule has 0 nitrogen and oxygen atoms in total. The minimum absolute atomic E-state index is 1.29. The predicted molar refractivity (Wildman–Crippen MR) is 60.1 cm³/mol. The van der Waals surface area contributed by atoms with Crippen LogP contribution in [-0.4, -0.2) is 0 Å². The Hall–Kier alpha value is -1.04. The molecular formula is C14H15. The van der Waals surface area contributed by atoms with Crippen LogP contribution in [0.25, 0.3) is 6.08 Å². The summed E-state index contributed by atoms with van der Waals surface area (Å²) in [6.45, 7) is 0. The van der Waals surface area contributed by atoms with Crippen molar-refractivity contribution in [2.75, 3.05) is 0 Å². The predicted octanol–water partition coefficient (Wildman–Crippen LogP) is 3.53. The molecule has 1 radical (unpaired) electrons. The van der Waals surface area contributed by atoms with Gasteiger partial charge in [-0.25, -0.2) is 0 Å². The fraction of sp³-hybridized carbons (Fsp3) is 0.357. The maximum atomic E-state index is 2.34. The Morgan fingerprint density at radius 1 is 0.929 bits per heavy atom. The van der Waals surface area contributed by atoms with Crippen LogP contribution in [0.3, 0.4) is 0 Å². The fourth-order valence-electron chi connectivity index (χ4n) is 2.64. The molecule has 0 heterocycles. The van der Waals surface area contributed by atoms with Crippen molar-refractivity contribution in [3.63, 3.8) is 0 Å². The van der Waals surface area contributed by atoms with Crippen molar-refractivity contribution < 1.29 is 0 Å². The average molecular weight is 183 g/mol. The summed E-state index contributed by atoms with van der Waals surface area (Å²) in [6.07, 6.45) is 13.4. The number of rotatable bonds is 0. The molecular weight excluding hydrogens is 168 g/mol. The van der Waals surface area contributed by atoms with E-state index >= 15 is 0 Å². The molecule has 0 bridgehead atoms. The summed E-state index contributed by atoms with van der Waals surface area (Å²) in [5.74, 6) is 0. The molecule has 1 aromatic rings. The highest BCUT2D eigenvalue weighted by Crippen LogP contribution is 2.31. The van der Waals surface area contributed by atoms with Crippen molar-refractivity contribution in [3.05, 3.63) is 46.9 Å². The zero-order valence-electron chi connectivity index (χ0n) is 8.42. The molecule has 0 aliphatic heterocycles. The quantitative estimate of drug-likeness (QED) is 0.540. The van der Waals surface area contributed by atoms with Gasteiger partial charge in [-0.05, 0) is 47.9 Å². The molecule has 0 amide bonds. The van der Waals surface area contributed by atoms with Crippen molar-refractivity contribution in [3.8, 4) is 0 Å². The van der Waals surface area contributed by atoms with Gasteiger partial charge >= 0.3 is 0 Å². The van der Waals surface area contributed by atoms with Gasteiger partial charge in [-0.1, -0.05) is 30.7 Å². The minimum Gasteiger partial charge on any atom is -0.0754 e. The van der Waals surface area contributed by atoms with E-state index in [0.717, 1.165) is 0 Å². The lowest BCUT2D eigenvalue weighted by molar-refractivity contribution is 0.711. The fourth-order valence-corrected chi connectivity index (χ4v) is 2.64. The summed E-state index contributed by atoms with van der Waals surface area (Å²) in [5, 5.41) is 0. The van der Waals surface area contributed by atoms with Gasteiger partial charge in [-0.2, -0.15) is 0 Å². The maximum Gasteiger partial charge on any atom is 0.0131 e. The van der Waals surface area contributed by atoms with Gasteiger partial charge in [0.05, 0.1) is 0 Å². The summed E-state index contributed by atoms with van der Waals surface area (Å²) in [7, 11) is 0. The zero-order chi connectivity index (χ0) is 9.38. The molecule has 0 saturated carbocycles. The van der Waals surface area contributed by atoms with Crippen molar-refractivity contribution in [2.45, 2.75) is 32.1 Å². The van der Waals surface area contributed by atoms with E-state index in [2.05, 4.69) is 30.7 Å². The van der Waals surface area contributed by atoms with Gasteiger partial charge in [0, 0.05) is 6.42 Å². The number of hydrogen-bond acceptors (Lipinski definition) is 0. The van der Waals surface area contributed by atoms with Gasteiger partial charge in [-0.3, -0.25) is 0 Å². The van der Waals surface area contributed by atoms with E-state index in [9.17, 15) is 0 Å². The van der Waals surface area contributed by atoms with E-state index in [1.54, 1.807) is 11.1 Å². The highest BCUT2D eigenvalue weighted by molar-refractivity contribution is 5.69. The first-order valence-electron chi connectivity index (χ1n) is 5.61. The second kappa shape index (κ2) is 3.27. The minimum atomic E-state index is 1.29. The van der Waals surface area contributed by atoms with Crippen LogP contribution in [0, 0.1) is 6.42 Å². The molecule has 71 valence electrons. The highest BCUT2D eigenvalue weighted by Gasteiger charge is 2.15. The Morgan fingerprint density at radius 3 is 2.86 bits per heavy atom. The standard InChI is InChI=1S/C14H15/c1-2-5-11-9-10-12-6-4-8-14(12)13(11)7-3-1/h4,6,8-10H,1-3,5,7H2. The average Bonchev–Trinajstić information content (AvgIpc) is 2.55. The van der Waals surface area contributed by atoms with Crippen LogP contribution in [0.5, 0.6) is 0 Å². The summed E-state index contributed by atoms with van der Waals surface area (Å²) in [5.41, 5.74) is 6.15. The summed E-state index contributed by atoms with van der Waals surface area (Å²) in [4.78, 5) is 0. The van der Waals surface area contributed by atoms with Gasteiger partial charge in [0.2, 0.25) is 0 Å². The van der Waals surface area contributed by atoms with Crippen LogP contribution in [-0.2, 0) is 12.8 Å². The van der Waals surface area contributed by atoms with Crippen LogP contribution >= 0.6 is 0 Å². The monoisotopic (exact) mass is 183 g/mol. The van der Waals surface area contributed by atoms with Crippen molar-refractivity contribution in [1.29, 1.82) is 0 Å². The highest BCUT2D eigenvalue weighted by atomic mass is 14.2. The number of fused-ring (bicyclic) bond motifs is 3. The SMILES string of the molecule is [CH]1C=Cc2c1ccc1c2CCCCC1. The van der Waals surface area contributed by atoms with Crippen LogP contribution in [0.2, 0.25) is 0 Å². The Labute approximate surface area is 85.6 Å². The molecule has 1 aromatic carbocycles. The van der Waals surface area contributed by atoms with E-state index in [4.69, 9.17) is 0 Å². The first kappa shape index (κ1) is 8.28. The normalized spacial score (nSPS) is 18.9. The Balaban J connectivity index is 2.15. The third kappa shape index (κ3) is 1.21. The van der Waals surface area contributed by atoms with E-state index in [1.807, 2.05) is 0 Å². The lowest BCUT2D eigenvalue weighted by atomic mass is 9.94. The zero-order valence-corrected chi connectivity index (χ0v) is 8.42. The van der Waals surface area contributed by atoms with Gasteiger partial charge < -0.3 is 0 Å². The van der Waals surface area contributed by atoms with Crippen LogP contribution < -0.4 is 0 Å². The molecule has 0 atom stereocenters. The van der Waals surface area contributed by atoms with Gasteiger partial charge in [0.15, 0.2) is 0 Å². The molecule has 3 rings (SSSR count). The van der Waals surface area contributed by atoms with Gasteiger partial charge in [0.25, 0.3) is 0 Å². The van der Waals surface area contributed by atoms with Crippen molar-refractivity contribution in [1.82, 2.24) is 0 Å². The molecule has 0 N–H and O–H groups in total. The first-order valence-corrected chi connectivity index (χ1v) is 5.61. The molecule has 0 unspecified atom stereocenters. The summed E-state index contributed by atoms with van der Waals surface area (Å²) < 4.78 is 0. The summed E-state index contributed by atoms with van der Waals surface area (Å²) in [6, 6.07) is 4.61. The molecule has 2 aliphatic carbocycles. The molecule has 14 heavy (non-hydrogen) atoms. The molecule has 0 spiro atoms. The second-order valence-corrected chi connectivity index (χ2v) is 4.29. The first-order chi connectivity index (χ1) is 6.95. The van der Waals surface area contributed by atoms with Crippen molar-refractivity contribution >= 4 is 6.08 Å². The lowest BCUT2D eigenvalue weighted by Crippen LogP contribution is -1.96. The van der Waals surface area contributed by atoms with Crippen LogP contribution in [0.15, 0.2) is 18.2 Å². The van der Waals surface area contributed by atoms with Gasteiger partial charge in [0.1, 0.15) is 0 Å². The van der Waals surface area contributed by atoms with E-state index in [-0.39, 0.29) is 0 Å². The molecule has 2 aliphatic rings. The number of hydrogen-bond donors (Lipinski definition) is 0. The van der Waals surface area contributed by atoms with Crippen LogP contribution in [0.4, 0.5) is 0 Å². The Morgan fingerprint density at radius 2 is 1.86 bits per heavy atom. The molecule has 0 fully saturated rings. The van der Waals surface area contributed by atoms with Crippen LogP contribution in [0.1, 0.15) is 41.5 Å². The molecule has 0 aromatic heterocycles.